The molecule has 18 heavy (non-hydrogen) atoms. The Morgan fingerprint density at radius 3 is 2.94 bits per heavy atom. The predicted molar refractivity (Wildman–Crippen MR) is 69.3 cm³/mol. The highest BCUT2D eigenvalue weighted by Crippen LogP contribution is 2.28. The summed E-state index contributed by atoms with van der Waals surface area (Å²) < 4.78 is 5.39. The van der Waals surface area contributed by atoms with Crippen molar-refractivity contribution in [3.63, 3.8) is 0 Å². The van der Waals surface area contributed by atoms with Gasteiger partial charge < -0.3 is 20.7 Å². The Morgan fingerprint density at radius 1 is 1.56 bits per heavy atom. The van der Waals surface area contributed by atoms with E-state index in [2.05, 4.69) is 26.4 Å². The van der Waals surface area contributed by atoms with Crippen LogP contribution in [0.25, 0.3) is 0 Å². The fraction of sp³-hybridized carbons (Fsp3) is 0.0909. The third-order valence-electron chi connectivity index (χ3n) is 2.32. The molecule has 0 amide bonds. The molecule has 0 saturated carbocycles. The number of aromatic nitrogens is 1. The Kier molecular flexibility index (Phi) is 3.52. The van der Waals surface area contributed by atoms with Crippen LogP contribution in [-0.4, -0.2) is 16.2 Å². The topological polar surface area (TPSA) is 101 Å². The summed E-state index contributed by atoms with van der Waals surface area (Å²) in [5, 5.41) is 15.8. The van der Waals surface area contributed by atoms with Crippen LogP contribution < -0.4 is 11.1 Å². The van der Waals surface area contributed by atoms with Crippen molar-refractivity contribution in [3.05, 3.63) is 40.2 Å². The van der Waals surface area contributed by atoms with E-state index < -0.39 is 5.97 Å². The van der Waals surface area contributed by atoms with Gasteiger partial charge in [-0.3, -0.25) is 0 Å². The first kappa shape index (κ1) is 12.4. The molecule has 1 aromatic carbocycles. The van der Waals surface area contributed by atoms with Crippen LogP contribution in [0.2, 0.25) is 0 Å². The van der Waals surface area contributed by atoms with Gasteiger partial charge in [-0.1, -0.05) is 5.16 Å². The number of halogens is 1. The molecular weight excluding hydrogens is 302 g/mol. The summed E-state index contributed by atoms with van der Waals surface area (Å²) in [5.74, 6) is -1.07. The Bertz CT molecular complexity index is 569. The summed E-state index contributed by atoms with van der Waals surface area (Å²) in [7, 11) is 0. The van der Waals surface area contributed by atoms with Crippen LogP contribution in [0.15, 0.2) is 33.5 Å². The molecule has 0 atom stereocenters. The second-order valence-corrected chi connectivity index (χ2v) is 4.42. The van der Waals surface area contributed by atoms with Crippen molar-refractivity contribution in [1.29, 1.82) is 0 Å². The molecule has 0 unspecified atom stereocenters. The molecule has 0 spiro atoms. The Balaban J connectivity index is 2.22. The van der Waals surface area contributed by atoms with Crippen LogP contribution in [0.5, 0.6) is 0 Å². The van der Waals surface area contributed by atoms with E-state index >= 15 is 0 Å². The van der Waals surface area contributed by atoms with Gasteiger partial charge in [-0.2, -0.15) is 0 Å². The van der Waals surface area contributed by atoms with Gasteiger partial charge in [-0.05, 0) is 28.1 Å². The quantitative estimate of drug-likeness (QED) is 0.749. The lowest BCUT2D eigenvalue weighted by Crippen LogP contribution is -2.06. The van der Waals surface area contributed by atoms with Gasteiger partial charge in [-0.25, -0.2) is 4.79 Å². The van der Waals surface area contributed by atoms with E-state index in [0.717, 1.165) is 5.69 Å². The summed E-state index contributed by atoms with van der Waals surface area (Å²) in [6.07, 6.45) is 1.47. The molecule has 94 valence electrons. The van der Waals surface area contributed by atoms with E-state index in [1.165, 1.54) is 12.3 Å². The van der Waals surface area contributed by atoms with Crippen molar-refractivity contribution in [2.45, 2.75) is 6.54 Å². The van der Waals surface area contributed by atoms with Gasteiger partial charge in [0.2, 0.25) is 0 Å². The number of nitrogens with one attached hydrogen (secondary N) is 1. The minimum Gasteiger partial charge on any atom is -0.478 e. The lowest BCUT2D eigenvalue weighted by Gasteiger charge is -2.10. The lowest BCUT2D eigenvalue weighted by atomic mass is 10.1. The molecule has 4 N–H and O–H groups in total. The number of hydrogen-bond donors (Lipinski definition) is 3. The summed E-state index contributed by atoms with van der Waals surface area (Å²) in [6, 6.07) is 4.74. The average Bonchev–Trinajstić information content (AvgIpc) is 2.80. The van der Waals surface area contributed by atoms with Gasteiger partial charge in [0.25, 0.3) is 0 Å². The molecule has 0 saturated heterocycles. The molecule has 0 aliphatic heterocycles. The molecule has 7 heteroatoms. The van der Waals surface area contributed by atoms with E-state index in [0.29, 0.717) is 16.7 Å². The molecular formula is C11H10BrN3O3. The number of benzene rings is 1. The van der Waals surface area contributed by atoms with E-state index in [-0.39, 0.29) is 11.3 Å². The van der Waals surface area contributed by atoms with Gasteiger partial charge >= 0.3 is 5.97 Å². The Morgan fingerprint density at radius 2 is 2.33 bits per heavy atom. The number of anilines is 2. The zero-order valence-corrected chi connectivity index (χ0v) is 10.8. The summed E-state index contributed by atoms with van der Waals surface area (Å²) in [6.45, 7) is 0.429. The van der Waals surface area contributed by atoms with E-state index in [1.807, 2.05) is 0 Å². The minimum atomic E-state index is -1.07. The van der Waals surface area contributed by atoms with Gasteiger partial charge in [0.15, 0.2) is 0 Å². The number of carboxylic acids is 1. The first-order valence-electron chi connectivity index (χ1n) is 5.03. The Hall–Kier alpha value is -2.02. The smallest absolute Gasteiger partial charge is 0.337 e. The van der Waals surface area contributed by atoms with Crippen LogP contribution in [0.1, 0.15) is 16.1 Å². The number of aromatic carboxylic acids is 1. The summed E-state index contributed by atoms with van der Waals surface area (Å²) >= 11 is 3.32. The molecule has 0 radical (unpaired) electrons. The predicted octanol–water partition coefficient (Wildman–Crippen LogP) is 2.33. The van der Waals surface area contributed by atoms with Gasteiger partial charge in [-0.15, -0.1) is 0 Å². The SMILES string of the molecule is Nc1cc(Br)c(NCc2ccon2)cc1C(=O)O. The maximum Gasteiger partial charge on any atom is 0.337 e. The highest BCUT2D eigenvalue weighted by molar-refractivity contribution is 9.10. The van der Waals surface area contributed by atoms with Crippen molar-refractivity contribution in [2.75, 3.05) is 11.1 Å². The maximum absolute atomic E-state index is 11.0. The van der Waals surface area contributed by atoms with Crippen LogP contribution in [-0.2, 0) is 6.54 Å². The number of carbonyl (C=O) groups is 1. The largest absolute Gasteiger partial charge is 0.478 e. The molecule has 0 bridgehead atoms. The second kappa shape index (κ2) is 5.09. The molecule has 1 heterocycles. The molecule has 6 nitrogen and oxygen atoms in total. The highest BCUT2D eigenvalue weighted by Gasteiger charge is 2.12. The maximum atomic E-state index is 11.0. The fourth-order valence-electron chi connectivity index (χ4n) is 1.42. The van der Waals surface area contributed by atoms with Crippen LogP contribution in [0.4, 0.5) is 11.4 Å². The van der Waals surface area contributed by atoms with Gasteiger partial charge in [0.05, 0.1) is 12.1 Å². The van der Waals surface area contributed by atoms with E-state index in [4.69, 9.17) is 15.4 Å². The normalized spacial score (nSPS) is 10.3. The van der Waals surface area contributed by atoms with Crippen molar-refractivity contribution in [2.24, 2.45) is 0 Å². The van der Waals surface area contributed by atoms with Crippen molar-refractivity contribution in [1.82, 2.24) is 5.16 Å². The fourth-order valence-corrected chi connectivity index (χ4v) is 1.93. The third-order valence-corrected chi connectivity index (χ3v) is 2.98. The second-order valence-electron chi connectivity index (χ2n) is 3.57. The highest BCUT2D eigenvalue weighted by atomic mass is 79.9. The zero-order valence-electron chi connectivity index (χ0n) is 9.18. The van der Waals surface area contributed by atoms with Crippen LogP contribution >= 0.6 is 15.9 Å². The minimum absolute atomic E-state index is 0.0563. The molecule has 0 aliphatic carbocycles. The number of hydrogen-bond acceptors (Lipinski definition) is 5. The molecule has 0 aliphatic rings. The third kappa shape index (κ3) is 2.62. The first-order valence-corrected chi connectivity index (χ1v) is 5.82. The van der Waals surface area contributed by atoms with Gasteiger partial charge in [0.1, 0.15) is 12.0 Å². The van der Waals surface area contributed by atoms with Crippen molar-refractivity contribution >= 4 is 33.3 Å². The van der Waals surface area contributed by atoms with Gasteiger partial charge in [0, 0.05) is 21.9 Å². The number of nitrogen functional groups attached to an aromatic ring is 1. The number of rotatable bonds is 4. The zero-order chi connectivity index (χ0) is 13.1. The summed E-state index contributed by atoms with van der Waals surface area (Å²) in [5.41, 5.74) is 7.23. The summed E-state index contributed by atoms with van der Waals surface area (Å²) in [4.78, 5) is 11.0. The Labute approximate surface area is 111 Å². The van der Waals surface area contributed by atoms with Crippen molar-refractivity contribution in [3.8, 4) is 0 Å². The molecule has 2 rings (SSSR count). The monoisotopic (exact) mass is 311 g/mol. The first-order chi connectivity index (χ1) is 8.58. The number of nitrogens with zero attached hydrogens (tertiary/aromatic N) is 1. The number of nitrogens with two attached hydrogens (primary N) is 1. The number of carboxylic acid groups (broad SMARTS) is 1. The van der Waals surface area contributed by atoms with E-state index in [9.17, 15) is 4.79 Å². The van der Waals surface area contributed by atoms with Crippen molar-refractivity contribution < 1.29 is 14.4 Å². The van der Waals surface area contributed by atoms with E-state index in [1.54, 1.807) is 12.1 Å². The molecule has 0 fully saturated rings. The molecule has 1 aromatic heterocycles. The standard InChI is InChI=1S/C11H10BrN3O3/c12-8-4-9(13)7(11(16)17)3-10(8)14-5-6-1-2-18-15-6/h1-4,14H,5,13H2,(H,16,17). The van der Waals surface area contributed by atoms with Crippen LogP contribution in [0, 0.1) is 0 Å². The molecule has 2 aromatic rings. The van der Waals surface area contributed by atoms with Crippen LogP contribution in [0.3, 0.4) is 0 Å². The lowest BCUT2D eigenvalue weighted by molar-refractivity contribution is 0.0698. The average molecular weight is 312 g/mol.